The minimum Gasteiger partial charge on any atom is -0.312 e. The van der Waals surface area contributed by atoms with Gasteiger partial charge in [-0.25, -0.2) is 0 Å². The van der Waals surface area contributed by atoms with Gasteiger partial charge in [-0.2, -0.15) is 21.6 Å². The summed E-state index contributed by atoms with van der Waals surface area (Å²) < 4.78 is 63.0. The summed E-state index contributed by atoms with van der Waals surface area (Å²) >= 11 is 0. The number of hydrogen-bond acceptors (Lipinski definition) is 4. The van der Waals surface area contributed by atoms with Crippen LogP contribution in [-0.2, 0) is 19.1 Å². The molecular weight excluding hydrogens is 311 g/mol. The van der Waals surface area contributed by atoms with Crippen molar-refractivity contribution >= 4 is 21.7 Å². The topological polar surface area (TPSA) is 63.7 Å². The van der Waals surface area contributed by atoms with Gasteiger partial charge in [0.15, 0.2) is 6.61 Å². The molecule has 5 nitrogen and oxygen atoms in total. The molecule has 0 aromatic heterocycles. The molecule has 0 N–H and O–H groups in total. The summed E-state index contributed by atoms with van der Waals surface area (Å²) in [6.45, 7) is -1.34. The van der Waals surface area contributed by atoms with E-state index in [4.69, 9.17) is 0 Å². The van der Waals surface area contributed by atoms with Crippen LogP contribution in [0.15, 0.2) is 29.2 Å². The number of carbonyl (C=O) groups excluding carboxylic acids is 1. The van der Waals surface area contributed by atoms with Gasteiger partial charge in [0.2, 0.25) is 5.91 Å². The van der Waals surface area contributed by atoms with Crippen LogP contribution < -0.4 is 4.90 Å². The van der Waals surface area contributed by atoms with E-state index in [1.807, 2.05) is 0 Å². The number of rotatable bonds is 4. The summed E-state index contributed by atoms with van der Waals surface area (Å²) in [5.41, 5.74) is 0.507. The van der Waals surface area contributed by atoms with Crippen molar-refractivity contribution in [3.05, 3.63) is 24.3 Å². The molecule has 1 aromatic rings. The van der Waals surface area contributed by atoms with Crippen LogP contribution in [0, 0.1) is 0 Å². The highest BCUT2D eigenvalue weighted by Crippen LogP contribution is 2.24. The molecule has 0 radical (unpaired) electrons. The maximum atomic E-state index is 12.0. The Morgan fingerprint density at radius 1 is 1.19 bits per heavy atom. The first kappa shape index (κ1) is 15.8. The average Bonchev–Trinajstić information content (AvgIpc) is 2.82. The fraction of sp³-hybridized carbons (Fsp3) is 0.417. The van der Waals surface area contributed by atoms with E-state index in [9.17, 15) is 26.4 Å². The smallest absolute Gasteiger partial charge is 0.312 e. The zero-order valence-corrected chi connectivity index (χ0v) is 11.6. The quantitative estimate of drug-likeness (QED) is 0.796. The molecule has 116 valence electrons. The lowest BCUT2D eigenvalue weighted by Crippen LogP contribution is -2.23. The van der Waals surface area contributed by atoms with Gasteiger partial charge in [-0.3, -0.25) is 8.98 Å². The molecule has 1 fully saturated rings. The van der Waals surface area contributed by atoms with Gasteiger partial charge in [0.1, 0.15) is 0 Å². The highest BCUT2D eigenvalue weighted by atomic mass is 32.2. The Morgan fingerprint density at radius 3 is 2.29 bits per heavy atom. The van der Waals surface area contributed by atoms with Gasteiger partial charge >= 0.3 is 6.18 Å². The molecular formula is C12H12F3NO4S. The minimum absolute atomic E-state index is 0.0704. The Bertz CT molecular complexity index is 625. The van der Waals surface area contributed by atoms with Crippen molar-refractivity contribution < 1.29 is 30.6 Å². The largest absolute Gasteiger partial charge is 0.413 e. The third-order valence-corrected chi connectivity index (χ3v) is 4.17. The van der Waals surface area contributed by atoms with Crippen LogP contribution in [0.5, 0.6) is 0 Å². The molecule has 21 heavy (non-hydrogen) atoms. The van der Waals surface area contributed by atoms with Crippen LogP contribution >= 0.6 is 0 Å². The van der Waals surface area contributed by atoms with E-state index in [-0.39, 0.29) is 10.8 Å². The van der Waals surface area contributed by atoms with Crippen molar-refractivity contribution in [1.82, 2.24) is 0 Å². The van der Waals surface area contributed by atoms with Crippen molar-refractivity contribution in [3.63, 3.8) is 0 Å². The first-order valence-electron chi connectivity index (χ1n) is 6.06. The van der Waals surface area contributed by atoms with E-state index in [1.54, 1.807) is 0 Å². The monoisotopic (exact) mass is 323 g/mol. The van der Waals surface area contributed by atoms with Crippen molar-refractivity contribution in [1.29, 1.82) is 0 Å². The molecule has 2 rings (SSSR count). The van der Waals surface area contributed by atoms with Gasteiger partial charge in [-0.15, -0.1) is 0 Å². The van der Waals surface area contributed by atoms with Crippen molar-refractivity contribution in [3.8, 4) is 0 Å². The predicted molar refractivity (Wildman–Crippen MR) is 67.2 cm³/mol. The SMILES string of the molecule is O=C1CCCN1c1ccc(S(=O)(=O)OCC(F)(F)F)cc1. The Kier molecular flexibility index (Phi) is 4.24. The molecule has 0 aliphatic carbocycles. The second-order valence-electron chi connectivity index (χ2n) is 4.47. The van der Waals surface area contributed by atoms with E-state index in [0.29, 0.717) is 25.1 Å². The van der Waals surface area contributed by atoms with Gasteiger partial charge < -0.3 is 4.90 Å². The zero-order chi connectivity index (χ0) is 15.7. The van der Waals surface area contributed by atoms with E-state index in [0.717, 1.165) is 12.1 Å². The number of benzene rings is 1. The summed E-state index contributed by atoms with van der Waals surface area (Å²) in [4.78, 5) is 12.6. The zero-order valence-electron chi connectivity index (χ0n) is 10.8. The van der Waals surface area contributed by atoms with Crippen molar-refractivity contribution in [2.24, 2.45) is 0 Å². The Hall–Kier alpha value is -1.61. The molecule has 1 aliphatic heterocycles. The van der Waals surface area contributed by atoms with E-state index < -0.39 is 22.9 Å². The maximum absolute atomic E-state index is 12.0. The normalized spacial score (nSPS) is 16.5. The molecule has 0 saturated carbocycles. The number of carbonyl (C=O) groups is 1. The minimum atomic E-state index is -4.73. The fourth-order valence-corrected chi connectivity index (χ4v) is 2.82. The van der Waals surface area contributed by atoms with Gasteiger partial charge in [0, 0.05) is 18.7 Å². The lowest BCUT2D eigenvalue weighted by molar-refractivity contribution is -0.152. The fourth-order valence-electron chi connectivity index (χ4n) is 1.93. The summed E-state index contributed by atoms with van der Waals surface area (Å²) in [5.74, 6) is -0.0704. The number of alkyl halides is 3. The van der Waals surface area contributed by atoms with Crippen LogP contribution in [0.2, 0.25) is 0 Å². The molecule has 1 heterocycles. The van der Waals surface area contributed by atoms with Gasteiger partial charge in [0.25, 0.3) is 10.1 Å². The molecule has 0 unspecified atom stereocenters. The number of halogens is 3. The molecule has 0 spiro atoms. The lowest BCUT2D eigenvalue weighted by atomic mass is 10.3. The molecule has 1 amide bonds. The van der Waals surface area contributed by atoms with E-state index >= 15 is 0 Å². The van der Waals surface area contributed by atoms with Crippen molar-refractivity contribution in [2.45, 2.75) is 23.9 Å². The average molecular weight is 323 g/mol. The van der Waals surface area contributed by atoms with Gasteiger partial charge in [0.05, 0.1) is 4.90 Å². The first-order chi connectivity index (χ1) is 9.69. The first-order valence-corrected chi connectivity index (χ1v) is 7.46. The summed E-state index contributed by atoms with van der Waals surface area (Å²) in [6.07, 6.45) is -3.59. The Balaban J connectivity index is 2.13. The molecule has 9 heteroatoms. The van der Waals surface area contributed by atoms with Crippen LogP contribution in [0.3, 0.4) is 0 Å². The predicted octanol–water partition coefficient (Wildman–Crippen LogP) is 2.08. The summed E-state index contributed by atoms with van der Waals surface area (Å²) in [5, 5.41) is 0. The van der Waals surface area contributed by atoms with Crippen LogP contribution in [0.1, 0.15) is 12.8 Å². The number of anilines is 1. The standard InChI is InChI=1S/C12H12F3NO4S/c13-12(14,15)8-20-21(18,19)10-5-3-9(4-6-10)16-7-1-2-11(16)17/h3-6H,1-2,7-8H2. The van der Waals surface area contributed by atoms with E-state index in [2.05, 4.69) is 4.18 Å². The van der Waals surface area contributed by atoms with Crippen LogP contribution in [0.25, 0.3) is 0 Å². The summed E-state index contributed by atoms with van der Waals surface area (Å²) in [6, 6.07) is 4.97. The van der Waals surface area contributed by atoms with E-state index in [1.165, 1.54) is 17.0 Å². The molecule has 0 bridgehead atoms. The second kappa shape index (κ2) is 5.64. The maximum Gasteiger partial charge on any atom is 0.413 e. The molecule has 1 aliphatic rings. The highest BCUT2D eigenvalue weighted by molar-refractivity contribution is 7.86. The van der Waals surface area contributed by atoms with Crippen LogP contribution in [-0.4, -0.2) is 33.7 Å². The Labute approximate surface area is 119 Å². The lowest BCUT2D eigenvalue weighted by Gasteiger charge is -2.16. The molecule has 1 aromatic carbocycles. The number of hydrogen-bond donors (Lipinski definition) is 0. The third-order valence-electron chi connectivity index (χ3n) is 2.89. The van der Waals surface area contributed by atoms with Gasteiger partial charge in [-0.05, 0) is 30.7 Å². The summed E-state index contributed by atoms with van der Waals surface area (Å²) in [7, 11) is -4.47. The number of amides is 1. The van der Waals surface area contributed by atoms with Crippen molar-refractivity contribution in [2.75, 3.05) is 18.1 Å². The third kappa shape index (κ3) is 3.94. The van der Waals surface area contributed by atoms with Crippen LogP contribution in [0.4, 0.5) is 18.9 Å². The molecule has 0 atom stereocenters. The molecule has 1 saturated heterocycles. The highest BCUT2D eigenvalue weighted by Gasteiger charge is 2.31. The second-order valence-corrected chi connectivity index (χ2v) is 6.09. The Morgan fingerprint density at radius 2 is 1.81 bits per heavy atom. The number of nitrogens with zero attached hydrogens (tertiary/aromatic N) is 1. The van der Waals surface area contributed by atoms with Gasteiger partial charge in [-0.1, -0.05) is 0 Å².